The standard InChI is InChI=1S/C17H31N5/c1-3-5-10-19-17-21-12-14(4-2)16(22-17)20-11-13-6-8-15(18)9-7-13/h12-13,15H,3-11,18H2,1-2H3,(H2,19,20,21,22). The number of nitrogens with two attached hydrogens (primary N) is 1. The summed E-state index contributed by atoms with van der Waals surface area (Å²) in [5.74, 6) is 2.45. The summed E-state index contributed by atoms with van der Waals surface area (Å²) in [7, 11) is 0. The average molecular weight is 305 g/mol. The fraction of sp³-hybridized carbons (Fsp3) is 0.765. The molecule has 0 radical (unpaired) electrons. The maximum Gasteiger partial charge on any atom is 0.224 e. The monoisotopic (exact) mass is 305 g/mol. The van der Waals surface area contributed by atoms with Crippen LogP contribution in [0.5, 0.6) is 0 Å². The van der Waals surface area contributed by atoms with Crippen molar-refractivity contribution in [3.8, 4) is 0 Å². The fourth-order valence-corrected chi connectivity index (χ4v) is 2.91. The van der Waals surface area contributed by atoms with E-state index in [-0.39, 0.29) is 0 Å². The summed E-state index contributed by atoms with van der Waals surface area (Å²) in [6.07, 6.45) is 9.97. The number of aromatic nitrogens is 2. The first-order valence-electron chi connectivity index (χ1n) is 8.82. The lowest BCUT2D eigenvalue weighted by molar-refractivity contribution is 0.338. The lowest BCUT2D eigenvalue weighted by atomic mass is 9.86. The normalized spacial score (nSPS) is 21.6. The van der Waals surface area contributed by atoms with Crippen molar-refractivity contribution in [2.24, 2.45) is 11.7 Å². The third-order valence-corrected chi connectivity index (χ3v) is 4.51. The molecule has 5 heteroatoms. The summed E-state index contributed by atoms with van der Waals surface area (Å²) < 4.78 is 0. The first-order valence-corrected chi connectivity index (χ1v) is 8.82. The number of aryl methyl sites for hydroxylation is 1. The van der Waals surface area contributed by atoms with Crippen LogP contribution in [0.4, 0.5) is 11.8 Å². The SMILES string of the molecule is CCCCNc1ncc(CC)c(NCC2CCC(N)CC2)n1. The van der Waals surface area contributed by atoms with E-state index in [1.807, 2.05) is 6.20 Å². The van der Waals surface area contributed by atoms with Crippen molar-refractivity contribution in [3.63, 3.8) is 0 Å². The summed E-state index contributed by atoms with van der Waals surface area (Å²) in [6, 6.07) is 0.413. The molecule has 1 heterocycles. The lowest BCUT2D eigenvalue weighted by Gasteiger charge is -2.26. The highest BCUT2D eigenvalue weighted by Gasteiger charge is 2.18. The molecule has 1 fully saturated rings. The zero-order chi connectivity index (χ0) is 15.8. The molecule has 22 heavy (non-hydrogen) atoms. The number of nitrogens with one attached hydrogen (secondary N) is 2. The molecule has 0 unspecified atom stereocenters. The van der Waals surface area contributed by atoms with Crippen LogP contribution in [0.1, 0.15) is 57.9 Å². The van der Waals surface area contributed by atoms with Gasteiger partial charge in [-0.2, -0.15) is 4.98 Å². The smallest absolute Gasteiger partial charge is 0.224 e. The van der Waals surface area contributed by atoms with Gasteiger partial charge in [-0.15, -0.1) is 0 Å². The van der Waals surface area contributed by atoms with Crippen LogP contribution in [-0.4, -0.2) is 29.1 Å². The maximum atomic E-state index is 5.98. The summed E-state index contributed by atoms with van der Waals surface area (Å²) in [5, 5.41) is 6.85. The molecule has 1 aliphatic rings. The van der Waals surface area contributed by atoms with Crippen LogP contribution in [0.2, 0.25) is 0 Å². The highest BCUT2D eigenvalue weighted by molar-refractivity contribution is 5.47. The molecule has 4 N–H and O–H groups in total. The van der Waals surface area contributed by atoms with Crippen molar-refractivity contribution in [1.82, 2.24) is 9.97 Å². The number of hydrogen-bond acceptors (Lipinski definition) is 5. The van der Waals surface area contributed by atoms with Gasteiger partial charge in [0.05, 0.1) is 0 Å². The molecule has 0 saturated heterocycles. The van der Waals surface area contributed by atoms with E-state index in [1.54, 1.807) is 0 Å². The Bertz CT molecular complexity index is 441. The van der Waals surface area contributed by atoms with E-state index < -0.39 is 0 Å². The Morgan fingerprint density at radius 2 is 1.95 bits per heavy atom. The first-order chi connectivity index (χ1) is 10.7. The number of anilines is 2. The minimum Gasteiger partial charge on any atom is -0.369 e. The first kappa shape index (κ1) is 17.0. The summed E-state index contributed by atoms with van der Waals surface area (Å²) in [5.41, 5.74) is 7.17. The van der Waals surface area contributed by atoms with Crippen molar-refractivity contribution >= 4 is 11.8 Å². The molecule has 1 aromatic rings. The van der Waals surface area contributed by atoms with Crippen LogP contribution in [0, 0.1) is 5.92 Å². The topological polar surface area (TPSA) is 75.9 Å². The van der Waals surface area contributed by atoms with Crippen LogP contribution in [-0.2, 0) is 6.42 Å². The predicted molar refractivity (Wildman–Crippen MR) is 93.2 cm³/mol. The minimum atomic E-state index is 0.413. The van der Waals surface area contributed by atoms with Crippen molar-refractivity contribution in [1.29, 1.82) is 0 Å². The number of unbranched alkanes of at least 4 members (excludes halogenated alkanes) is 1. The molecule has 1 saturated carbocycles. The molecule has 0 spiro atoms. The maximum absolute atomic E-state index is 5.98. The van der Waals surface area contributed by atoms with E-state index in [9.17, 15) is 0 Å². The van der Waals surface area contributed by atoms with Gasteiger partial charge in [0.1, 0.15) is 5.82 Å². The van der Waals surface area contributed by atoms with Crippen LogP contribution in [0.3, 0.4) is 0 Å². The molecule has 2 rings (SSSR count). The quantitative estimate of drug-likeness (QED) is 0.643. The number of hydrogen-bond donors (Lipinski definition) is 3. The Hall–Kier alpha value is -1.36. The fourth-order valence-electron chi connectivity index (χ4n) is 2.91. The second kappa shape index (κ2) is 8.93. The van der Waals surface area contributed by atoms with Gasteiger partial charge in [0.15, 0.2) is 0 Å². The molecule has 0 aliphatic heterocycles. The Kier molecular flexibility index (Phi) is 6.90. The summed E-state index contributed by atoms with van der Waals surface area (Å²) >= 11 is 0. The van der Waals surface area contributed by atoms with E-state index in [2.05, 4.69) is 34.4 Å². The van der Waals surface area contributed by atoms with Crippen LogP contribution < -0.4 is 16.4 Å². The van der Waals surface area contributed by atoms with E-state index in [4.69, 9.17) is 5.73 Å². The third kappa shape index (κ3) is 5.13. The molecule has 0 amide bonds. The van der Waals surface area contributed by atoms with E-state index in [0.29, 0.717) is 6.04 Å². The van der Waals surface area contributed by atoms with Crippen LogP contribution in [0.15, 0.2) is 6.20 Å². The zero-order valence-corrected chi connectivity index (χ0v) is 14.1. The van der Waals surface area contributed by atoms with Gasteiger partial charge >= 0.3 is 0 Å². The molecule has 0 bridgehead atoms. The van der Waals surface area contributed by atoms with Crippen molar-refractivity contribution < 1.29 is 0 Å². The second-order valence-corrected chi connectivity index (χ2v) is 6.36. The van der Waals surface area contributed by atoms with Gasteiger partial charge in [-0.1, -0.05) is 20.3 Å². The van der Waals surface area contributed by atoms with Gasteiger partial charge in [0.2, 0.25) is 5.95 Å². The van der Waals surface area contributed by atoms with Gasteiger partial charge in [-0.05, 0) is 44.4 Å². The molecule has 1 aliphatic carbocycles. The summed E-state index contributed by atoms with van der Waals surface area (Å²) in [6.45, 7) is 6.26. The molecular formula is C17H31N5. The molecule has 0 atom stereocenters. The Balaban J connectivity index is 1.91. The van der Waals surface area contributed by atoms with Gasteiger partial charge in [0.25, 0.3) is 0 Å². The van der Waals surface area contributed by atoms with Crippen molar-refractivity contribution in [3.05, 3.63) is 11.8 Å². The third-order valence-electron chi connectivity index (χ3n) is 4.51. The van der Waals surface area contributed by atoms with Crippen LogP contribution >= 0.6 is 0 Å². The highest BCUT2D eigenvalue weighted by atomic mass is 15.1. The highest BCUT2D eigenvalue weighted by Crippen LogP contribution is 2.24. The summed E-state index contributed by atoms with van der Waals surface area (Å²) in [4.78, 5) is 9.06. The molecule has 0 aromatic carbocycles. The zero-order valence-electron chi connectivity index (χ0n) is 14.1. The van der Waals surface area contributed by atoms with E-state index in [0.717, 1.165) is 56.5 Å². The Morgan fingerprint density at radius 3 is 2.64 bits per heavy atom. The lowest BCUT2D eigenvalue weighted by Crippen LogP contribution is -2.29. The van der Waals surface area contributed by atoms with Gasteiger partial charge in [-0.25, -0.2) is 4.98 Å². The average Bonchev–Trinajstić information content (AvgIpc) is 2.55. The van der Waals surface area contributed by atoms with Crippen molar-refractivity contribution in [2.75, 3.05) is 23.7 Å². The van der Waals surface area contributed by atoms with Gasteiger partial charge in [-0.3, -0.25) is 0 Å². The van der Waals surface area contributed by atoms with Gasteiger partial charge < -0.3 is 16.4 Å². The Morgan fingerprint density at radius 1 is 1.18 bits per heavy atom. The molecule has 1 aromatic heterocycles. The largest absolute Gasteiger partial charge is 0.369 e. The molecule has 124 valence electrons. The predicted octanol–water partition coefficient (Wildman–Crippen LogP) is 3.18. The second-order valence-electron chi connectivity index (χ2n) is 6.36. The van der Waals surface area contributed by atoms with Crippen molar-refractivity contribution in [2.45, 2.75) is 64.8 Å². The number of nitrogens with zero attached hydrogens (tertiary/aromatic N) is 2. The van der Waals surface area contributed by atoms with E-state index in [1.165, 1.54) is 24.8 Å². The van der Waals surface area contributed by atoms with Gasteiger partial charge in [0, 0.05) is 30.9 Å². The van der Waals surface area contributed by atoms with E-state index >= 15 is 0 Å². The number of rotatable bonds is 8. The van der Waals surface area contributed by atoms with Crippen LogP contribution in [0.25, 0.3) is 0 Å². The molecule has 5 nitrogen and oxygen atoms in total. The minimum absolute atomic E-state index is 0.413. The Labute approximate surface area is 134 Å². The molecular weight excluding hydrogens is 274 g/mol.